The zero-order valence-electron chi connectivity index (χ0n) is 28.4. The summed E-state index contributed by atoms with van der Waals surface area (Å²) >= 11 is 0. The van der Waals surface area contributed by atoms with Crippen molar-refractivity contribution >= 4 is 93.5 Å². The molecular weight excluding hydrogens is 743 g/mol. The summed E-state index contributed by atoms with van der Waals surface area (Å²) in [5.74, 6) is -0.251. The Hall–Kier alpha value is -4.20. The van der Waals surface area contributed by atoms with Gasteiger partial charge in [-0.05, 0) is 106 Å². The molecule has 0 saturated carbocycles. The molecule has 0 heterocycles. The number of amides is 3. The van der Waals surface area contributed by atoms with Crippen molar-refractivity contribution in [2.24, 2.45) is 10.2 Å². The van der Waals surface area contributed by atoms with E-state index in [1.807, 2.05) is 0 Å². The number of anilines is 5. The van der Waals surface area contributed by atoms with E-state index in [2.05, 4.69) is 31.5 Å². The summed E-state index contributed by atoms with van der Waals surface area (Å²) in [6.07, 6.45) is 0. The minimum Gasteiger partial charge on any atom is -0.744 e. The van der Waals surface area contributed by atoms with Gasteiger partial charge >= 0.3 is 65.1 Å². The fourth-order valence-electron chi connectivity index (χ4n) is 5.18. The molecule has 4 N–H and O–H groups in total. The Labute approximate surface area is 348 Å². The number of nitrogens with zero attached hydrogens (tertiary/aromatic N) is 2. The van der Waals surface area contributed by atoms with Crippen LogP contribution in [-0.2, 0) is 25.0 Å². The van der Waals surface area contributed by atoms with Crippen molar-refractivity contribution in [2.75, 3.05) is 21.3 Å². The summed E-state index contributed by atoms with van der Waals surface area (Å²) in [7, 11) is -9.86. The maximum atomic E-state index is 12.9. The van der Waals surface area contributed by atoms with Crippen molar-refractivity contribution in [3.8, 4) is 0 Å². The van der Waals surface area contributed by atoms with E-state index in [1.54, 1.807) is 78.9 Å². The van der Waals surface area contributed by atoms with Crippen molar-refractivity contribution in [1.82, 2.24) is 0 Å². The predicted octanol–water partition coefficient (Wildman–Crippen LogP) is 1.57. The van der Waals surface area contributed by atoms with Gasteiger partial charge in [-0.2, -0.15) is 5.11 Å². The number of fused-ring (bicyclic) bond motifs is 2. The van der Waals surface area contributed by atoms with E-state index in [9.17, 15) is 35.5 Å². The van der Waals surface area contributed by atoms with Gasteiger partial charge in [-0.1, -0.05) is 30.3 Å². The number of carbonyl (C=O) groups excluding carboxylic acids is 2. The minimum absolute atomic E-state index is 0. The van der Waals surface area contributed by atoms with Crippen LogP contribution in [0.5, 0.6) is 0 Å². The molecule has 0 bridgehead atoms. The van der Waals surface area contributed by atoms with Gasteiger partial charge in [-0.15, -0.1) is 5.11 Å². The third-order valence-electron chi connectivity index (χ3n) is 7.42. The number of azo groups is 1. The first-order valence-electron chi connectivity index (χ1n) is 15.0. The molecule has 0 aromatic heterocycles. The molecule has 258 valence electrons. The summed E-state index contributed by atoms with van der Waals surface area (Å²) in [6, 6.07) is 29.0. The largest absolute Gasteiger partial charge is 1.00 e. The van der Waals surface area contributed by atoms with Crippen LogP contribution in [-0.4, -0.2) is 37.9 Å². The van der Waals surface area contributed by atoms with Gasteiger partial charge in [0, 0.05) is 29.7 Å². The Kier molecular flexibility index (Phi) is 13.6. The summed E-state index contributed by atoms with van der Waals surface area (Å²) < 4.78 is 72.9. The quantitative estimate of drug-likeness (QED) is 0.0951. The van der Waals surface area contributed by atoms with Gasteiger partial charge < -0.3 is 30.4 Å². The molecule has 53 heavy (non-hydrogen) atoms. The first-order valence-corrected chi connectivity index (χ1v) is 17.8. The molecule has 0 radical (unpaired) electrons. The molecule has 6 rings (SSSR count). The number of nitrogens with one attached hydrogen (secondary N) is 4. The number of para-hydroxylation sites is 1. The van der Waals surface area contributed by atoms with Gasteiger partial charge in [0.15, 0.2) is 0 Å². The van der Waals surface area contributed by atoms with Gasteiger partial charge in [0.2, 0.25) is 5.91 Å². The van der Waals surface area contributed by atoms with Crippen LogP contribution in [0.2, 0.25) is 0 Å². The molecule has 6 aromatic carbocycles. The fraction of sp³-hybridized carbons (Fsp3) is 0.0286. The maximum absolute atomic E-state index is 12.9. The van der Waals surface area contributed by atoms with E-state index in [-0.39, 0.29) is 82.1 Å². The van der Waals surface area contributed by atoms with Crippen LogP contribution in [0.4, 0.5) is 44.6 Å². The molecule has 0 aliphatic heterocycles. The van der Waals surface area contributed by atoms with Crippen LogP contribution in [0.15, 0.2) is 135 Å². The van der Waals surface area contributed by atoms with Crippen LogP contribution in [0, 0.1) is 0 Å². The molecule has 0 aliphatic carbocycles. The van der Waals surface area contributed by atoms with Crippen molar-refractivity contribution in [1.29, 1.82) is 0 Å². The van der Waals surface area contributed by atoms with Crippen molar-refractivity contribution in [2.45, 2.75) is 16.7 Å². The number of carbonyl (C=O) groups is 2. The molecule has 0 fully saturated rings. The van der Waals surface area contributed by atoms with Gasteiger partial charge in [0.25, 0.3) is 0 Å². The molecule has 18 heteroatoms. The van der Waals surface area contributed by atoms with Gasteiger partial charge in [-0.25, -0.2) is 21.6 Å². The average molecular weight is 769 g/mol. The Bertz CT molecular complexity index is 2590. The normalized spacial score (nSPS) is 11.4. The molecule has 0 saturated heterocycles. The van der Waals surface area contributed by atoms with E-state index in [4.69, 9.17) is 0 Å². The van der Waals surface area contributed by atoms with Crippen LogP contribution < -0.4 is 80.4 Å². The molecule has 14 nitrogen and oxygen atoms in total. The molecule has 3 amide bonds. The number of urea groups is 1. The monoisotopic (exact) mass is 768 g/mol. The predicted molar refractivity (Wildman–Crippen MR) is 191 cm³/mol. The van der Waals surface area contributed by atoms with Crippen LogP contribution in [0.25, 0.3) is 21.5 Å². The van der Waals surface area contributed by atoms with E-state index < -0.39 is 36.1 Å². The zero-order valence-corrected chi connectivity index (χ0v) is 34.1. The van der Waals surface area contributed by atoms with E-state index >= 15 is 0 Å². The second kappa shape index (κ2) is 17.3. The number of hydrogen-bond donors (Lipinski definition) is 4. The summed E-state index contributed by atoms with van der Waals surface area (Å²) in [4.78, 5) is 23.1. The number of benzene rings is 6. The number of rotatable bonds is 9. The Morgan fingerprint density at radius 3 is 1.62 bits per heavy atom. The molecule has 6 aromatic rings. The van der Waals surface area contributed by atoms with Crippen LogP contribution in [0.1, 0.15) is 6.92 Å². The topological polar surface area (TPSA) is 221 Å². The second-order valence-electron chi connectivity index (χ2n) is 11.2. The third kappa shape index (κ3) is 10.7. The van der Waals surface area contributed by atoms with E-state index in [1.165, 1.54) is 37.3 Å². The Balaban J connectivity index is 0.00000314. The smallest absolute Gasteiger partial charge is 0.744 e. The summed E-state index contributed by atoms with van der Waals surface area (Å²) in [6.45, 7) is 1.37. The van der Waals surface area contributed by atoms with E-state index in [0.29, 0.717) is 44.3 Å². The molecule has 0 spiro atoms. The molecule has 0 atom stereocenters. The minimum atomic E-state index is -4.99. The van der Waals surface area contributed by atoms with Crippen molar-refractivity contribution < 1.29 is 94.6 Å². The van der Waals surface area contributed by atoms with Gasteiger partial charge in [0.1, 0.15) is 25.9 Å². The van der Waals surface area contributed by atoms with Crippen LogP contribution >= 0.6 is 0 Å². The van der Waals surface area contributed by atoms with Gasteiger partial charge in [0.05, 0.1) is 21.2 Å². The average Bonchev–Trinajstić information content (AvgIpc) is 3.06. The molecular formula is C35H26N6Na2O8S2. The van der Waals surface area contributed by atoms with Crippen molar-refractivity contribution in [3.05, 3.63) is 115 Å². The zero-order chi connectivity index (χ0) is 36.3. The van der Waals surface area contributed by atoms with Gasteiger partial charge in [-0.3, -0.25) is 4.79 Å². The summed E-state index contributed by atoms with van der Waals surface area (Å²) in [5, 5.41) is 20.7. The molecule has 0 unspecified atom stereocenters. The SMILES string of the molecule is CC(=O)Nc1ccc(N=Nc2cc3ccc(NC(=O)Nc4ccc5cc(Nc6ccccc6)c(S(=O)(=O)[O-])cc5c4)cc3cc2S(=O)(=O)[O-])cc1.[Na+].[Na+]. The summed E-state index contributed by atoms with van der Waals surface area (Å²) in [5.41, 5.74) is 1.94. The first-order chi connectivity index (χ1) is 24.2. The van der Waals surface area contributed by atoms with E-state index in [0.717, 1.165) is 6.07 Å². The van der Waals surface area contributed by atoms with Crippen LogP contribution in [0.3, 0.4) is 0 Å². The Morgan fingerprint density at radius 2 is 1.08 bits per heavy atom. The van der Waals surface area contributed by atoms with Crippen molar-refractivity contribution in [3.63, 3.8) is 0 Å². The maximum Gasteiger partial charge on any atom is 1.00 e. The second-order valence-corrected chi connectivity index (χ2v) is 13.9. The first kappa shape index (κ1) is 41.6. The number of hydrogen-bond acceptors (Lipinski definition) is 11. The Morgan fingerprint density at radius 1 is 0.547 bits per heavy atom. The standard InChI is InChI=1S/C35H28N6O8S2.2Na/c1-21(42)36-27-11-13-28(14-12-27)40-41-32-18-23-8-10-30(16-25(23)20-34(32)51(47,48)49)39-35(43)38-29-9-7-22-17-31(37-26-5-3-2-4-6-26)33(50(44,45)46)19-24(22)15-29;;/h2-20,37H,1H3,(H,36,42)(H2,38,39,43)(H,44,45,46)(H,47,48,49);;/q;2*+1/p-2. The third-order valence-corrected chi connectivity index (χ3v) is 9.17. The molecule has 0 aliphatic rings. The fourth-order valence-corrected chi connectivity index (χ4v) is 6.45.